The molecule has 1 amide bonds. The van der Waals surface area contributed by atoms with Gasteiger partial charge in [-0.2, -0.15) is 4.39 Å². The van der Waals surface area contributed by atoms with Gasteiger partial charge < -0.3 is 10.2 Å². The number of hydrogen-bond acceptors (Lipinski definition) is 7. The summed E-state index contributed by atoms with van der Waals surface area (Å²) in [4.78, 5) is 36.2. The molecule has 32 heavy (non-hydrogen) atoms. The van der Waals surface area contributed by atoms with Crippen molar-refractivity contribution in [1.82, 2.24) is 30.2 Å². The van der Waals surface area contributed by atoms with Crippen molar-refractivity contribution in [3.8, 4) is 11.6 Å². The zero-order valence-corrected chi connectivity index (χ0v) is 18.2. The summed E-state index contributed by atoms with van der Waals surface area (Å²) in [6, 6.07) is 4.86. The van der Waals surface area contributed by atoms with Gasteiger partial charge in [-0.1, -0.05) is 0 Å². The van der Waals surface area contributed by atoms with Crippen LogP contribution in [0, 0.1) is 5.95 Å². The fourth-order valence-electron chi connectivity index (χ4n) is 4.59. The topological polar surface area (TPSA) is 96.8 Å². The third-order valence-electron chi connectivity index (χ3n) is 6.16. The fourth-order valence-corrected chi connectivity index (χ4v) is 4.59. The van der Waals surface area contributed by atoms with Gasteiger partial charge in [-0.15, -0.1) is 0 Å². The molecule has 1 N–H and O–H groups in total. The van der Waals surface area contributed by atoms with Crippen LogP contribution in [-0.4, -0.2) is 42.9 Å². The van der Waals surface area contributed by atoms with E-state index in [2.05, 4.69) is 30.2 Å². The summed E-state index contributed by atoms with van der Waals surface area (Å²) in [7, 11) is 0. The van der Waals surface area contributed by atoms with Crippen molar-refractivity contribution in [3.05, 3.63) is 59.6 Å². The summed E-state index contributed by atoms with van der Waals surface area (Å²) in [6.45, 7) is 6.60. The van der Waals surface area contributed by atoms with Crippen LogP contribution in [-0.2, 0) is 11.2 Å². The molecule has 0 saturated carbocycles. The van der Waals surface area contributed by atoms with Crippen LogP contribution >= 0.6 is 0 Å². The van der Waals surface area contributed by atoms with Gasteiger partial charge >= 0.3 is 0 Å². The summed E-state index contributed by atoms with van der Waals surface area (Å²) >= 11 is 0. The van der Waals surface area contributed by atoms with Crippen molar-refractivity contribution in [3.63, 3.8) is 0 Å². The van der Waals surface area contributed by atoms with Crippen molar-refractivity contribution in [2.24, 2.45) is 0 Å². The van der Waals surface area contributed by atoms with Crippen LogP contribution in [0.5, 0.6) is 0 Å². The zero-order valence-electron chi connectivity index (χ0n) is 18.2. The molecule has 3 aromatic heterocycles. The predicted molar refractivity (Wildman–Crippen MR) is 116 cm³/mol. The van der Waals surface area contributed by atoms with Crippen LogP contribution in [0.15, 0.2) is 36.8 Å². The average molecular weight is 433 g/mol. The summed E-state index contributed by atoms with van der Waals surface area (Å²) in [5, 5.41) is 2.98. The first-order valence-corrected chi connectivity index (χ1v) is 10.7. The molecule has 2 atom stereocenters. The van der Waals surface area contributed by atoms with Gasteiger partial charge in [0.1, 0.15) is 5.82 Å². The van der Waals surface area contributed by atoms with Gasteiger partial charge in [-0.25, -0.2) is 24.9 Å². The summed E-state index contributed by atoms with van der Waals surface area (Å²) < 4.78 is 14.5. The van der Waals surface area contributed by atoms with Crippen LogP contribution in [0.25, 0.3) is 11.6 Å². The molecule has 0 radical (unpaired) electrons. The number of aromatic nitrogens is 5. The Bertz CT molecular complexity index is 1180. The zero-order chi connectivity index (χ0) is 22.5. The second kappa shape index (κ2) is 7.58. The van der Waals surface area contributed by atoms with E-state index in [1.54, 1.807) is 24.7 Å². The maximum Gasteiger partial charge on any atom is 0.228 e. The Hall–Kier alpha value is -3.49. The van der Waals surface area contributed by atoms with E-state index in [0.717, 1.165) is 11.3 Å². The van der Waals surface area contributed by atoms with Gasteiger partial charge in [0, 0.05) is 42.7 Å². The smallest absolute Gasteiger partial charge is 0.228 e. The minimum Gasteiger partial charge on any atom is -0.351 e. The highest BCUT2D eigenvalue weighted by Gasteiger charge is 2.39. The molecule has 1 fully saturated rings. The number of anilines is 1. The second-order valence-electron chi connectivity index (χ2n) is 9.00. The Morgan fingerprint density at radius 2 is 1.91 bits per heavy atom. The number of carbonyl (C=O) groups is 1. The molecule has 2 aliphatic heterocycles. The molecule has 0 spiro atoms. The number of hydrogen-bond donors (Lipinski definition) is 1. The fraction of sp³-hybridized carbons (Fsp3) is 0.391. The van der Waals surface area contributed by atoms with E-state index in [1.165, 1.54) is 6.07 Å². The normalized spacial score (nSPS) is 21.9. The van der Waals surface area contributed by atoms with Crippen molar-refractivity contribution in [2.75, 3.05) is 11.4 Å². The van der Waals surface area contributed by atoms with Gasteiger partial charge in [-0.3, -0.25) is 4.79 Å². The van der Waals surface area contributed by atoms with Gasteiger partial charge in [0.15, 0.2) is 11.6 Å². The lowest BCUT2D eigenvalue weighted by Crippen LogP contribution is -2.35. The second-order valence-corrected chi connectivity index (χ2v) is 9.00. The molecular weight excluding hydrogens is 409 g/mol. The maximum absolute atomic E-state index is 14.5. The van der Waals surface area contributed by atoms with E-state index in [0.29, 0.717) is 42.4 Å². The van der Waals surface area contributed by atoms with E-state index in [1.807, 2.05) is 31.7 Å². The van der Waals surface area contributed by atoms with Crippen LogP contribution in [0.3, 0.4) is 0 Å². The van der Waals surface area contributed by atoms with Gasteiger partial charge in [0.05, 0.1) is 17.7 Å². The Morgan fingerprint density at radius 3 is 2.62 bits per heavy atom. The number of carbonyl (C=O) groups excluding carboxylic acids is 1. The van der Waals surface area contributed by atoms with Gasteiger partial charge in [-0.05, 0) is 51.0 Å². The summed E-state index contributed by atoms with van der Waals surface area (Å²) in [6.07, 6.45) is 6.39. The first-order chi connectivity index (χ1) is 15.3. The molecule has 8 nitrogen and oxygen atoms in total. The van der Waals surface area contributed by atoms with Gasteiger partial charge in [0.25, 0.3) is 0 Å². The van der Waals surface area contributed by atoms with E-state index in [4.69, 9.17) is 0 Å². The molecule has 1 saturated heterocycles. The van der Waals surface area contributed by atoms with Crippen molar-refractivity contribution in [1.29, 1.82) is 0 Å². The number of fused-ring (bicyclic) bond motifs is 1. The minimum atomic E-state index is -0.583. The standard InChI is InChI=1S/C23H24FN7O/c1-13-16-12-27-21(20-25-6-4-7-26-20)28-17(16)5-8-31(13)19-10-14(9-18(24)29-19)15-11-23(2,3)30-22(15)32/h4,6-7,9-10,12-13,15H,5,8,11H2,1-3H3,(H,30,32). The molecule has 2 aliphatic rings. The quantitative estimate of drug-likeness (QED) is 0.634. The van der Waals surface area contributed by atoms with Crippen molar-refractivity contribution >= 4 is 11.7 Å². The molecule has 9 heteroatoms. The highest BCUT2D eigenvalue weighted by molar-refractivity contribution is 5.87. The molecule has 5 rings (SSSR count). The summed E-state index contributed by atoms with van der Waals surface area (Å²) in [5.41, 5.74) is 2.24. The Morgan fingerprint density at radius 1 is 1.12 bits per heavy atom. The Balaban J connectivity index is 1.45. The SMILES string of the molecule is CC1c2cnc(-c3ncccn3)nc2CCN1c1cc(C2CC(C)(C)NC2=O)cc(F)n1. The number of nitrogens with one attached hydrogen (secondary N) is 1. The Labute approximate surface area is 185 Å². The highest BCUT2D eigenvalue weighted by Crippen LogP contribution is 2.37. The Kier molecular flexibility index (Phi) is 4.83. The number of nitrogens with zero attached hydrogens (tertiary/aromatic N) is 6. The number of halogens is 1. The highest BCUT2D eigenvalue weighted by atomic mass is 19.1. The van der Waals surface area contributed by atoms with Gasteiger partial charge in [0.2, 0.25) is 11.9 Å². The molecule has 0 aliphatic carbocycles. The third-order valence-corrected chi connectivity index (χ3v) is 6.16. The van der Waals surface area contributed by atoms with E-state index in [9.17, 15) is 9.18 Å². The van der Waals surface area contributed by atoms with Crippen LogP contribution in [0.2, 0.25) is 0 Å². The first-order valence-electron chi connectivity index (χ1n) is 10.7. The van der Waals surface area contributed by atoms with E-state index >= 15 is 0 Å². The van der Waals surface area contributed by atoms with Crippen molar-refractivity contribution in [2.45, 2.75) is 51.1 Å². The predicted octanol–water partition coefficient (Wildman–Crippen LogP) is 2.97. The lowest BCUT2D eigenvalue weighted by molar-refractivity contribution is -0.120. The third kappa shape index (κ3) is 3.68. The molecule has 5 heterocycles. The summed E-state index contributed by atoms with van der Waals surface area (Å²) in [5.74, 6) is 0.454. The number of rotatable bonds is 3. The minimum absolute atomic E-state index is 0.0763. The monoisotopic (exact) mass is 433 g/mol. The van der Waals surface area contributed by atoms with Crippen molar-refractivity contribution < 1.29 is 9.18 Å². The molecule has 164 valence electrons. The largest absolute Gasteiger partial charge is 0.351 e. The molecule has 3 aromatic rings. The molecule has 0 aromatic carbocycles. The van der Waals surface area contributed by atoms with E-state index < -0.39 is 5.95 Å². The lowest BCUT2D eigenvalue weighted by atomic mass is 9.91. The lowest BCUT2D eigenvalue weighted by Gasteiger charge is -2.35. The number of pyridine rings is 1. The van der Waals surface area contributed by atoms with E-state index in [-0.39, 0.29) is 23.4 Å². The maximum atomic E-state index is 14.5. The molecule has 0 bridgehead atoms. The first kappa shape index (κ1) is 20.4. The van der Waals surface area contributed by atoms with Crippen LogP contribution < -0.4 is 10.2 Å². The average Bonchev–Trinajstić information content (AvgIpc) is 3.06. The van der Waals surface area contributed by atoms with Crippen LogP contribution in [0.4, 0.5) is 10.2 Å². The molecule has 2 unspecified atom stereocenters. The molecular formula is C23H24FN7O. The van der Waals surface area contributed by atoms with Crippen LogP contribution in [0.1, 0.15) is 56.0 Å². The number of amides is 1.